The number of thioether (sulfide) groups is 1. The van der Waals surface area contributed by atoms with Gasteiger partial charge in [-0.1, -0.05) is 17.7 Å². The first-order chi connectivity index (χ1) is 9.95. The van der Waals surface area contributed by atoms with E-state index in [1.54, 1.807) is 6.92 Å². The third-order valence-electron chi connectivity index (χ3n) is 2.89. The van der Waals surface area contributed by atoms with E-state index >= 15 is 0 Å². The van der Waals surface area contributed by atoms with Crippen LogP contribution in [0, 0.1) is 18.6 Å². The Morgan fingerprint density at radius 2 is 1.76 bits per heavy atom. The number of carbonyl (C=O) groups is 1. The summed E-state index contributed by atoms with van der Waals surface area (Å²) in [5, 5.41) is 2.23. The van der Waals surface area contributed by atoms with Crippen LogP contribution in [0.2, 0.25) is 0 Å². The molecule has 0 aliphatic heterocycles. The maximum Gasteiger partial charge on any atom is 0.237 e. The second-order valence-electron chi connectivity index (χ2n) is 4.69. The Labute approximate surface area is 126 Å². The topological polar surface area (TPSA) is 29.1 Å². The monoisotopic (exact) mass is 307 g/mol. The molecule has 0 aliphatic carbocycles. The lowest BCUT2D eigenvalue weighted by Gasteiger charge is -2.12. The fourth-order valence-corrected chi connectivity index (χ4v) is 2.56. The first-order valence-corrected chi connectivity index (χ1v) is 7.33. The van der Waals surface area contributed by atoms with Crippen LogP contribution < -0.4 is 5.32 Å². The summed E-state index contributed by atoms with van der Waals surface area (Å²) in [4.78, 5) is 13.0. The maximum atomic E-state index is 13.1. The minimum Gasteiger partial charge on any atom is -0.325 e. The number of hydrogen-bond acceptors (Lipinski definition) is 2. The van der Waals surface area contributed by atoms with E-state index in [9.17, 15) is 13.6 Å². The number of anilines is 1. The third-order valence-corrected chi connectivity index (χ3v) is 4.00. The van der Waals surface area contributed by atoms with Crippen molar-refractivity contribution in [2.75, 3.05) is 5.32 Å². The summed E-state index contributed by atoms with van der Waals surface area (Å²) in [6, 6.07) is 11.1. The lowest BCUT2D eigenvalue weighted by Crippen LogP contribution is -2.22. The van der Waals surface area contributed by atoms with Gasteiger partial charge in [-0.2, -0.15) is 0 Å². The Balaban J connectivity index is 1.98. The molecule has 2 nitrogen and oxygen atoms in total. The zero-order valence-electron chi connectivity index (χ0n) is 11.7. The summed E-state index contributed by atoms with van der Waals surface area (Å²) in [5.41, 5.74) is 1.40. The molecule has 0 radical (unpaired) electrons. The van der Waals surface area contributed by atoms with Crippen molar-refractivity contribution in [3.05, 3.63) is 59.7 Å². The Morgan fingerprint density at radius 3 is 2.38 bits per heavy atom. The molecule has 2 aromatic carbocycles. The van der Waals surface area contributed by atoms with Crippen molar-refractivity contribution in [3.8, 4) is 0 Å². The van der Waals surface area contributed by atoms with Gasteiger partial charge in [0.15, 0.2) is 11.6 Å². The molecular formula is C16H15F2NOS. The summed E-state index contributed by atoms with van der Waals surface area (Å²) in [7, 11) is 0. The van der Waals surface area contributed by atoms with Crippen molar-refractivity contribution >= 4 is 23.4 Å². The molecule has 0 unspecified atom stereocenters. The highest BCUT2D eigenvalue weighted by atomic mass is 32.2. The SMILES string of the molecule is Cc1ccc(S[C@H](C)C(=O)Nc2ccc(F)c(F)c2)cc1. The minimum absolute atomic E-state index is 0.246. The molecular weight excluding hydrogens is 292 g/mol. The van der Waals surface area contributed by atoms with Gasteiger partial charge in [-0.25, -0.2) is 8.78 Å². The van der Waals surface area contributed by atoms with Gasteiger partial charge in [0, 0.05) is 16.6 Å². The van der Waals surface area contributed by atoms with E-state index in [1.165, 1.54) is 17.8 Å². The second kappa shape index (κ2) is 6.72. The molecule has 2 aromatic rings. The maximum absolute atomic E-state index is 13.1. The van der Waals surface area contributed by atoms with Crippen molar-refractivity contribution in [2.24, 2.45) is 0 Å². The van der Waals surface area contributed by atoms with Gasteiger partial charge in [-0.3, -0.25) is 4.79 Å². The van der Waals surface area contributed by atoms with E-state index in [2.05, 4.69) is 5.32 Å². The van der Waals surface area contributed by atoms with Crippen LogP contribution in [0.15, 0.2) is 47.4 Å². The van der Waals surface area contributed by atoms with Gasteiger partial charge < -0.3 is 5.32 Å². The van der Waals surface area contributed by atoms with E-state index in [-0.39, 0.29) is 16.8 Å². The van der Waals surface area contributed by atoms with Gasteiger partial charge in [0.05, 0.1) is 5.25 Å². The average Bonchev–Trinajstić information content (AvgIpc) is 2.45. The number of rotatable bonds is 4. The lowest BCUT2D eigenvalue weighted by atomic mass is 10.2. The number of nitrogens with one attached hydrogen (secondary N) is 1. The highest BCUT2D eigenvalue weighted by Gasteiger charge is 2.15. The molecule has 5 heteroatoms. The number of halogens is 2. The van der Waals surface area contributed by atoms with Crippen molar-refractivity contribution < 1.29 is 13.6 Å². The van der Waals surface area contributed by atoms with Gasteiger partial charge in [-0.05, 0) is 38.1 Å². The highest BCUT2D eigenvalue weighted by Crippen LogP contribution is 2.24. The molecule has 0 spiro atoms. The van der Waals surface area contributed by atoms with Crippen LogP contribution in [0.1, 0.15) is 12.5 Å². The van der Waals surface area contributed by atoms with Crippen LogP contribution in [0.5, 0.6) is 0 Å². The molecule has 0 saturated carbocycles. The van der Waals surface area contributed by atoms with Crippen molar-refractivity contribution in [3.63, 3.8) is 0 Å². The van der Waals surface area contributed by atoms with Gasteiger partial charge in [0.25, 0.3) is 0 Å². The van der Waals surface area contributed by atoms with Crippen molar-refractivity contribution in [2.45, 2.75) is 24.0 Å². The normalized spacial score (nSPS) is 12.0. The Bertz CT molecular complexity index is 643. The molecule has 0 bridgehead atoms. The van der Waals surface area contributed by atoms with Crippen LogP contribution in [0.25, 0.3) is 0 Å². The standard InChI is InChI=1S/C16H15F2NOS/c1-10-3-6-13(7-4-10)21-11(2)16(20)19-12-5-8-14(17)15(18)9-12/h3-9,11H,1-2H3,(H,19,20)/t11-/m1/s1. The van der Waals surface area contributed by atoms with Crippen molar-refractivity contribution in [1.82, 2.24) is 0 Å². The van der Waals surface area contributed by atoms with Crippen molar-refractivity contribution in [1.29, 1.82) is 0 Å². The van der Waals surface area contributed by atoms with E-state index in [4.69, 9.17) is 0 Å². The number of benzene rings is 2. The first kappa shape index (κ1) is 15.5. The van der Waals surface area contributed by atoms with Gasteiger partial charge in [0.1, 0.15) is 0 Å². The average molecular weight is 307 g/mol. The number of hydrogen-bond donors (Lipinski definition) is 1. The Kier molecular flexibility index (Phi) is 4.96. The Morgan fingerprint density at radius 1 is 1.10 bits per heavy atom. The second-order valence-corrected chi connectivity index (χ2v) is 6.11. The first-order valence-electron chi connectivity index (χ1n) is 6.45. The zero-order chi connectivity index (χ0) is 15.4. The molecule has 0 heterocycles. The summed E-state index contributed by atoms with van der Waals surface area (Å²) >= 11 is 1.41. The van der Waals surface area contributed by atoms with Crippen LogP contribution in [0.4, 0.5) is 14.5 Å². The number of aryl methyl sites for hydroxylation is 1. The summed E-state index contributed by atoms with van der Waals surface area (Å²) < 4.78 is 25.9. The van der Waals surface area contributed by atoms with E-state index < -0.39 is 11.6 Å². The smallest absolute Gasteiger partial charge is 0.237 e. The lowest BCUT2D eigenvalue weighted by molar-refractivity contribution is -0.115. The van der Waals surface area contributed by atoms with Crippen LogP contribution in [-0.2, 0) is 4.79 Å². The van der Waals surface area contributed by atoms with E-state index in [0.717, 1.165) is 22.6 Å². The van der Waals surface area contributed by atoms with E-state index in [0.29, 0.717) is 0 Å². The molecule has 110 valence electrons. The van der Waals surface area contributed by atoms with Gasteiger partial charge >= 0.3 is 0 Å². The van der Waals surface area contributed by atoms with Crippen LogP contribution >= 0.6 is 11.8 Å². The summed E-state index contributed by atoms with van der Waals surface area (Å²) in [6.07, 6.45) is 0. The molecule has 0 aliphatic rings. The van der Waals surface area contributed by atoms with Gasteiger partial charge in [0.2, 0.25) is 5.91 Å². The quantitative estimate of drug-likeness (QED) is 0.849. The molecule has 1 atom stereocenters. The molecule has 1 N–H and O–H groups in total. The fourth-order valence-electron chi connectivity index (χ4n) is 1.69. The highest BCUT2D eigenvalue weighted by molar-refractivity contribution is 8.00. The minimum atomic E-state index is -0.980. The van der Waals surface area contributed by atoms with E-state index in [1.807, 2.05) is 31.2 Å². The molecule has 21 heavy (non-hydrogen) atoms. The number of carbonyl (C=O) groups excluding carboxylic acids is 1. The summed E-state index contributed by atoms with van der Waals surface area (Å²) in [5.74, 6) is -2.17. The largest absolute Gasteiger partial charge is 0.325 e. The van der Waals surface area contributed by atoms with Gasteiger partial charge in [-0.15, -0.1) is 11.8 Å². The number of amides is 1. The molecule has 0 fully saturated rings. The predicted octanol–water partition coefficient (Wildman–Crippen LogP) is 4.39. The molecule has 0 saturated heterocycles. The van der Waals surface area contributed by atoms with Crippen LogP contribution in [0.3, 0.4) is 0 Å². The molecule has 2 rings (SSSR count). The molecule has 0 aromatic heterocycles. The Hall–Kier alpha value is -1.88. The predicted molar refractivity (Wildman–Crippen MR) is 81.5 cm³/mol. The zero-order valence-corrected chi connectivity index (χ0v) is 12.5. The third kappa shape index (κ3) is 4.29. The van der Waals surface area contributed by atoms with Crippen LogP contribution in [-0.4, -0.2) is 11.2 Å². The fraction of sp³-hybridized carbons (Fsp3) is 0.188. The summed E-state index contributed by atoms with van der Waals surface area (Å²) in [6.45, 7) is 3.76. The molecule has 1 amide bonds.